The number of alkyl halides is 6. The van der Waals surface area contributed by atoms with Crippen LogP contribution >= 0.6 is 0 Å². The van der Waals surface area contributed by atoms with Gasteiger partial charge in [-0.05, 0) is 38.5 Å². The van der Waals surface area contributed by atoms with Gasteiger partial charge in [0.1, 0.15) is 30.3 Å². The smallest absolute Gasteiger partial charge is 0.662 e. The first kappa shape index (κ1) is 36.6. The van der Waals surface area contributed by atoms with Gasteiger partial charge >= 0.3 is 53.8 Å². The van der Waals surface area contributed by atoms with Crippen molar-refractivity contribution in [3.63, 3.8) is 0 Å². The van der Waals surface area contributed by atoms with E-state index in [0.29, 0.717) is 12.4 Å². The van der Waals surface area contributed by atoms with E-state index in [1.54, 1.807) is 6.07 Å². The SMILES string of the molecule is C=CC(=O)OC(C(F)(F)F)C(F)(F)F.C[C@@]12C=C[C@]3(COC(=O)C3C1)O2.Cc1ccc(CO)o1.O=CO[O-].[Na+]. The van der Waals surface area contributed by atoms with Gasteiger partial charge in [0.15, 0.2) is 0 Å². The van der Waals surface area contributed by atoms with Crippen molar-refractivity contribution in [2.75, 3.05) is 6.61 Å². The number of carbonyl (C=O) groups is 3. The van der Waals surface area contributed by atoms with Crippen LogP contribution in [0.25, 0.3) is 0 Å². The number of esters is 2. The number of aliphatic hydroxyl groups is 1. The molecule has 1 spiro atoms. The van der Waals surface area contributed by atoms with E-state index in [2.05, 4.69) is 16.2 Å². The number of ether oxygens (including phenoxy) is 3. The number of hydrogen-bond donors (Lipinski definition) is 1. The Bertz CT molecular complexity index is 994. The molecule has 0 radical (unpaired) electrons. The summed E-state index contributed by atoms with van der Waals surface area (Å²) in [5.74, 6) is -0.461. The van der Waals surface area contributed by atoms with E-state index < -0.39 is 30.0 Å². The van der Waals surface area contributed by atoms with Gasteiger partial charge in [-0.2, -0.15) is 26.3 Å². The van der Waals surface area contributed by atoms with E-state index in [4.69, 9.17) is 29.0 Å². The van der Waals surface area contributed by atoms with E-state index in [9.17, 15) is 35.9 Å². The van der Waals surface area contributed by atoms with E-state index >= 15 is 0 Å². The predicted octanol–water partition coefficient (Wildman–Crippen LogP) is -0.625. The summed E-state index contributed by atoms with van der Waals surface area (Å²) in [6, 6.07) is 3.58. The zero-order valence-electron chi connectivity index (χ0n) is 20.8. The van der Waals surface area contributed by atoms with E-state index in [0.717, 1.165) is 12.2 Å². The predicted molar refractivity (Wildman–Crippen MR) is 109 cm³/mol. The number of aryl methyl sites for hydroxylation is 1. The standard InChI is InChI=1S/C9H10O3.C6H4F6O2.C6H8O2.CH2O3.Na/c1-8-2-3-9(12-8)5-11-7(10)6(9)4-8;1-2-3(13)14-4(5(7,8)9)6(10,11)12;1-5-2-3-6(4-7)8-5;2-1-4-3;/h2-3,6H,4-5H2,1H3;2,4H,1H2;2-3,7H,4H2,1H3;1,3H;/q;;;;+1/p-1/t6?,8-,9-;;;;/m1..../s1. The van der Waals surface area contributed by atoms with Crippen molar-refractivity contribution in [1.82, 2.24) is 0 Å². The topological polar surface area (TPSA) is 145 Å². The Kier molecular flexibility index (Phi) is 14.0. The minimum Gasteiger partial charge on any atom is -0.662 e. The summed E-state index contributed by atoms with van der Waals surface area (Å²) in [6.07, 6.45) is -10.4. The van der Waals surface area contributed by atoms with Gasteiger partial charge in [-0.3, -0.25) is 9.59 Å². The zero-order chi connectivity index (χ0) is 29.4. The molecule has 3 atom stereocenters. The fraction of sp³-hybridized carbons (Fsp3) is 0.500. The van der Waals surface area contributed by atoms with Crippen LogP contribution < -0.4 is 34.8 Å². The van der Waals surface area contributed by atoms with Crippen molar-refractivity contribution < 1.29 is 104 Å². The summed E-state index contributed by atoms with van der Waals surface area (Å²) in [4.78, 5) is 32.7. The molecule has 2 fully saturated rings. The molecule has 2 bridgehead atoms. The van der Waals surface area contributed by atoms with Crippen LogP contribution in [0, 0.1) is 12.8 Å². The molecule has 214 valence electrons. The van der Waals surface area contributed by atoms with Gasteiger partial charge in [-0.1, -0.05) is 12.7 Å². The molecule has 0 amide bonds. The molecule has 1 N–H and O–H groups in total. The van der Waals surface area contributed by atoms with Gasteiger partial charge < -0.3 is 33.9 Å². The van der Waals surface area contributed by atoms with Gasteiger partial charge in [-0.25, -0.2) is 4.79 Å². The molecular weight excluding hydrogens is 561 g/mol. The molecular formula is C22H23F6NaO10. The van der Waals surface area contributed by atoms with Gasteiger partial charge in [0.25, 0.3) is 12.6 Å². The number of hydrogen-bond acceptors (Lipinski definition) is 10. The minimum absolute atomic E-state index is 0. The van der Waals surface area contributed by atoms with Gasteiger partial charge in [-0.15, -0.1) is 0 Å². The van der Waals surface area contributed by atoms with Gasteiger partial charge in [0, 0.05) is 6.08 Å². The number of furan rings is 1. The summed E-state index contributed by atoms with van der Waals surface area (Å²) < 4.78 is 88.9. The van der Waals surface area contributed by atoms with Crippen molar-refractivity contribution in [2.45, 2.75) is 56.5 Å². The third-order valence-corrected chi connectivity index (χ3v) is 5.05. The second-order valence-corrected chi connectivity index (χ2v) is 8.03. The van der Waals surface area contributed by atoms with E-state index in [1.165, 1.54) is 0 Å². The molecule has 0 aromatic carbocycles. The summed E-state index contributed by atoms with van der Waals surface area (Å²) in [7, 11) is 0. The fourth-order valence-electron chi connectivity index (χ4n) is 3.49. The first-order valence-corrected chi connectivity index (χ1v) is 10.4. The molecule has 3 aliphatic rings. The number of aliphatic hydroxyl groups excluding tert-OH is 1. The number of fused-ring (bicyclic) bond motifs is 1. The Balaban J connectivity index is 0.000000525. The normalized spacial score (nSPS) is 23.9. The minimum atomic E-state index is -5.68. The molecule has 17 heteroatoms. The summed E-state index contributed by atoms with van der Waals surface area (Å²) in [6.45, 7) is 6.75. The van der Waals surface area contributed by atoms with Crippen molar-refractivity contribution in [3.8, 4) is 0 Å². The van der Waals surface area contributed by atoms with Crippen LogP contribution in [0.2, 0.25) is 0 Å². The number of rotatable bonds is 4. The fourth-order valence-corrected chi connectivity index (χ4v) is 3.49. The van der Waals surface area contributed by atoms with Crippen LogP contribution in [0.3, 0.4) is 0 Å². The largest absolute Gasteiger partial charge is 1.00 e. The molecule has 1 aromatic heterocycles. The second-order valence-electron chi connectivity index (χ2n) is 8.03. The van der Waals surface area contributed by atoms with Crippen molar-refractivity contribution in [2.24, 2.45) is 5.92 Å². The van der Waals surface area contributed by atoms with E-state index in [-0.39, 0.29) is 66.2 Å². The number of cyclic esters (lactones) is 1. The van der Waals surface area contributed by atoms with Gasteiger partial charge in [0.2, 0.25) is 0 Å². The van der Waals surface area contributed by atoms with Crippen molar-refractivity contribution >= 4 is 18.4 Å². The summed E-state index contributed by atoms with van der Waals surface area (Å²) in [5.41, 5.74) is -0.601. The molecule has 3 aliphatic heterocycles. The molecule has 4 rings (SSSR count). The average Bonchev–Trinajstić information content (AvgIpc) is 3.57. The molecule has 0 saturated carbocycles. The molecule has 0 aliphatic carbocycles. The molecule has 2 saturated heterocycles. The zero-order valence-corrected chi connectivity index (χ0v) is 22.8. The third kappa shape index (κ3) is 10.6. The molecule has 1 unspecified atom stereocenters. The van der Waals surface area contributed by atoms with E-state index in [1.807, 2.05) is 32.1 Å². The maximum atomic E-state index is 11.7. The number of halogens is 6. The first-order valence-electron chi connectivity index (χ1n) is 10.4. The first-order chi connectivity index (χ1) is 17.5. The molecule has 10 nitrogen and oxygen atoms in total. The monoisotopic (exact) mass is 584 g/mol. The third-order valence-electron chi connectivity index (χ3n) is 5.05. The van der Waals surface area contributed by atoms with Crippen LogP contribution in [-0.4, -0.2) is 59.8 Å². The summed E-state index contributed by atoms with van der Waals surface area (Å²) >= 11 is 0. The Morgan fingerprint density at radius 2 is 1.82 bits per heavy atom. The van der Waals surface area contributed by atoms with Gasteiger partial charge in [0.05, 0.1) is 11.5 Å². The molecule has 4 heterocycles. The Morgan fingerprint density at radius 1 is 1.26 bits per heavy atom. The Hall–Kier alpha value is -2.37. The van der Waals surface area contributed by atoms with Crippen LogP contribution in [0.15, 0.2) is 41.4 Å². The Morgan fingerprint density at radius 3 is 2.15 bits per heavy atom. The van der Waals surface area contributed by atoms with Crippen molar-refractivity contribution in [1.29, 1.82) is 0 Å². The number of carbonyl (C=O) groups excluding carboxylic acids is 3. The van der Waals surface area contributed by atoms with Crippen LogP contribution in [0.1, 0.15) is 24.9 Å². The second kappa shape index (κ2) is 14.9. The van der Waals surface area contributed by atoms with Crippen LogP contribution in [-0.2, 0) is 40.1 Å². The van der Waals surface area contributed by atoms with Crippen LogP contribution in [0.4, 0.5) is 26.3 Å². The van der Waals surface area contributed by atoms with Crippen molar-refractivity contribution in [3.05, 3.63) is 48.5 Å². The maximum absolute atomic E-state index is 11.7. The Labute approximate surface area is 239 Å². The average molecular weight is 584 g/mol. The molecule has 1 aromatic rings. The molecule has 39 heavy (non-hydrogen) atoms. The quantitative estimate of drug-likeness (QED) is 0.0711. The summed E-state index contributed by atoms with van der Waals surface area (Å²) in [5, 5.41) is 16.9. The van der Waals surface area contributed by atoms with Crippen LogP contribution in [0.5, 0.6) is 0 Å². The maximum Gasteiger partial charge on any atom is 1.00 e.